The van der Waals surface area contributed by atoms with Gasteiger partial charge in [-0.2, -0.15) is 0 Å². The van der Waals surface area contributed by atoms with E-state index in [1.807, 2.05) is 0 Å². The molecular formula is C20H34O3. The van der Waals surface area contributed by atoms with Gasteiger partial charge in [0.1, 0.15) is 12.6 Å². The van der Waals surface area contributed by atoms with Gasteiger partial charge < -0.3 is 9.47 Å². The summed E-state index contributed by atoms with van der Waals surface area (Å²) in [5.74, 6) is 1.32. The van der Waals surface area contributed by atoms with E-state index in [-0.39, 0.29) is 16.9 Å². The third kappa shape index (κ3) is 4.24. The second-order valence-electron chi connectivity index (χ2n) is 8.29. The van der Waals surface area contributed by atoms with Gasteiger partial charge in [0, 0.05) is 19.4 Å². The number of hydrogen-bond donors (Lipinski definition) is 0. The number of ketones is 1. The van der Waals surface area contributed by atoms with Crippen LogP contribution in [-0.2, 0) is 14.3 Å². The Bertz CT molecular complexity index is 452. The molecule has 0 unspecified atom stereocenters. The highest BCUT2D eigenvalue weighted by molar-refractivity contribution is 5.84. The summed E-state index contributed by atoms with van der Waals surface area (Å²) in [4.78, 5) is 12.2. The molecule has 1 fully saturated rings. The molecule has 2 aliphatic rings. The lowest BCUT2D eigenvalue weighted by molar-refractivity contribution is -0.128. The van der Waals surface area contributed by atoms with Gasteiger partial charge in [-0.05, 0) is 57.3 Å². The van der Waals surface area contributed by atoms with Gasteiger partial charge >= 0.3 is 0 Å². The lowest BCUT2D eigenvalue weighted by atomic mass is 9.63. The molecular weight excluding hydrogens is 288 g/mol. The zero-order valence-corrected chi connectivity index (χ0v) is 15.6. The molecule has 0 saturated heterocycles. The standard InChI is InChI=1S/C20H34O3/c1-15(8-6-12-19(2,3)23-14-22-5)16-10-11-17-18(21)9-7-13-20(16,17)4/h10,15,17H,6-9,11-14H2,1-5H3/t15-,17-,20+/m0/s1. The van der Waals surface area contributed by atoms with Crippen LogP contribution in [0.25, 0.3) is 0 Å². The zero-order chi connectivity index (χ0) is 17.1. The SMILES string of the molecule is COCOC(C)(C)CCC[C@H](C)C1=CC[C@H]2C(=O)CCC[C@]12C. The number of ether oxygens (including phenoxy) is 2. The Labute approximate surface area is 141 Å². The van der Waals surface area contributed by atoms with Crippen molar-refractivity contribution in [3.8, 4) is 0 Å². The van der Waals surface area contributed by atoms with Crippen molar-refractivity contribution in [3.63, 3.8) is 0 Å². The molecule has 0 aliphatic heterocycles. The van der Waals surface area contributed by atoms with E-state index >= 15 is 0 Å². The van der Waals surface area contributed by atoms with E-state index in [2.05, 4.69) is 33.8 Å². The van der Waals surface area contributed by atoms with Crippen LogP contribution in [0.2, 0.25) is 0 Å². The maximum atomic E-state index is 12.2. The normalized spacial score (nSPS) is 29.3. The molecule has 2 aliphatic carbocycles. The Morgan fingerprint density at radius 2 is 2.17 bits per heavy atom. The highest BCUT2D eigenvalue weighted by Crippen LogP contribution is 2.53. The van der Waals surface area contributed by atoms with Crippen LogP contribution in [0.5, 0.6) is 0 Å². The number of carbonyl (C=O) groups is 1. The van der Waals surface area contributed by atoms with Gasteiger partial charge in [0.25, 0.3) is 0 Å². The van der Waals surface area contributed by atoms with Crippen molar-refractivity contribution in [2.24, 2.45) is 17.3 Å². The van der Waals surface area contributed by atoms with Crippen LogP contribution in [-0.4, -0.2) is 25.3 Å². The van der Waals surface area contributed by atoms with Gasteiger partial charge in [-0.25, -0.2) is 0 Å². The minimum Gasteiger partial charge on any atom is -0.359 e. The zero-order valence-electron chi connectivity index (χ0n) is 15.6. The molecule has 3 atom stereocenters. The molecule has 0 heterocycles. The van der Waals surface area contributed by atoms with Crippen molar-refractivity contribution >= 4 is 5.78 Å². The molecule has 132 valence electrons. The summed E-state index contributed by atoms with van der Waals surface area (Å²) < 4.78 is 10.7. The molecule has 0 N–H and O–H groups in total. The number of fused-ring (bicyclic) bond motifs is 1. The van der Waals surface area contributed by atoms with E-state index < -0.39 is 0 Å². The first kappa shape index (κ1) is 18.7. The van der Waals surface area contributed by atoms with Crippen LogP contribution in [0.15, 0.2) is 11.6 Å². The number of hydrogen-bond acceptors (Lipinski definition) is 3. The van der Waals surface area contributed by atoms with E-state index in [9.17, 15) is 4.79 Å². The molecule has 1 saturated carbocycles. The third-order valence-corrected chi connectivity index (χ3v) is 6.02. The van der Waals surface area contributed by atoms with E-state index in [0.717, 1.165) is 32.1 Å². The van der Waals surface area contributed by atoms with Crippen molar-refractivity contribution in [2.75, 3.05) is 13.9 Å². The van der Waals surface area contributed by atoms with E-state index in [1.54, 1.807) is 12.7 Å². The Morgan fingerprint density at radius 3 is 2.87 bits per heavy atom. The highest BCUT2D eigenvalue weighted by atomic mass is 16.7. The molecule has 0 spiro atoms. The number of rotatable bonds is 8. The highest BCUT2D eigenvalue weighted by Gasteiger charge is 2.47. The van der Waals surface area contributed by atoms with Crippen molar-refractivity contribution in [3.05, 3.63) is 11.6 Å². The van der Waals surface area contributed by atoms with Gasteiger partial charge in [-0.1, -0.05) is 31.9 Å². The molecule has 0 aromatic rings. The van der Waals surface area contributed by atoms with Crippen molar-refractivity contribution < 1.29 is 14.3 Å². The fourth-order valence-electron chi connectivity index (χ4n) is 4.59. The van der Waals surface area contributed by atoms with E-state index in [1.165, 1.54) is 12.8 Å². The van der Waals surface area contributed by atoms with E-state index in [4.69, 9.17) is 9.47 Å². The average molecular weight is 322 g/mol. The summed E-state index contributed by atoms with van der Waals surface area (Å²) in [5, 5.41) is 0. The van der Waals surface area contributed by atoms with Crippen molar-refractivity contribution in [1.82, 2.24) is 0 Å². The first-order valence-corrected chi connectivity index (χ1v) is 9.16. The van der Waals surface area contributed by atoms with Crippen LogP contribution in [0, 0.1) is 17.3 Å². The quantitative estimate of drug-likeness (QED) is 0.471. The van der Waals surface area contributed by atoms with Crippen molar-refractivity contribution in [1.29, 1.82) is 0 Å². The smallest absolute Gasteiger partial charge is 0.147 e. The molecule has 3 heteroatoms. The van der Waals surface area contributed by atoms with Gasteiger partial charge in [-0.3, -0.25) is 4.79 Å². The molecule has 23 heavy (non-hydrogen) atoms. The van der Waals surface area contributed by atoms with Crippen molar-refractivity contribution in [2.45, 2.75) is 78.2 Å². The molecule has 0 bridgehead atoms. The predicted octanol–water partition coefficient (Wildman–Crippen LogP) is 4.90. The Hall–Kier alpha value is -0.670. The number of methoxy groups -OCH3 is 1. The van der Waals surface area contributed by atoms with E-state index in [0.29, 0.717) is 18.5 Å². The average Bonchev–Trinajstić information content (AvgIpc) is 2.83. The minimum atomic E-state index is -0.132. The maximum Gasteiger partial charge on any atom is 0.147 e. The van der Waals surface area contributed by atoms with Crippen LogP contribution in [0.1, 0.15) is 72.6 Å². The van der Waals surface area contributed by atoms with Gasteiger partial charge in [0.05, 0.1) is 5.60 Å². The summed E-state index contributed by atoms with van der Waals surface area (Å²) in [5.41, 5.74) is 1.55. The molecule has 3 nitrogen and oxygen atoms in total. The molecule has 0 amide bonds. The Kier molecular flexibility index (Phi) is 6.07. The van der Waals surface area contributed by atoms with Crippen LogP contribution >= 0.6 is 0 Å². The number of carbonyl (C=O) groups excluding carboxylic acids is 1. The molecule has 0 radical (unpaired) electrons. The monoisotopic (exact) mass is 322 g/mol. The maximum absolute atomic E-state index is 12.2. The predicted molar refractivity (Wildman–Crippen MR) is 93.2 cm³/mol. The first-order chi connectivity index (χ1) is 10.8. The summed E-state index contributed by atoms with van der Waals surface area (Å²) in [7, 11) is 1.66. The Balaban J connectivity index is 1.87. The van der Waals surface area contributed by atoms with Gasteiger partial charge in [0.15, 0.2) is 0 Å². The summed E-state index contributed by atoms with van der Waals surface area (Å²) in [6.07, 6.45) is 9.73. The summed E-state index contributed by atoms with van der Waals surface area (Å²) in [6, 6.07) is 0. The van der Waals surface area contributed by atoms with Crippen LogP contribution in [0.4, 0.5) is 0 Å². The summed E-state index contributed by atoms with van der Waals surface area (Å²) in [6.45, 7) is 9.28. The number of Topliss-reactive ketones (excluding diaryl/α,β-unsaturated/α-hetero) is 1. The lowest BCUT2D eigenvalue weighted by Crippen LogP contribution is -2.36. The fraction of sp³-hybridized carbons (Fsp3) is 0.850. The fourth-order valence-corrected chi connectivity index (χ4v) is 4.59. The molecule has 0 aromatic carbocycles. The largest absolute Gasteiger partial charge is 0.359 e. The van der Waals surface area contributed by atoms with Crippen LogP contribution < -0.4 is 0 Å². The molecule has 0 aromatic heterocycles. The van der Waals surface area contributed by atoms with Gasteiger partial charge in [0.2, 0.25) is 0 Å². The molecule has 2 rings (SSSR count). The van der Waals surface area contributed by atoms with Gasteiger partial charge in [-0.15, -0.1) is 0 Å². The lowest BCUT2D eigenvalue weighted by Gasteiger charge is -2.40. The number of allylic oxidation sites excluding steroid dienone is 2. The third-order valence-electron chi connectivity index (χ3n) is 6.02. The second kappa shape index (κ2) is 7.48. The van der Waals surface area contributed by atoms with Crippen LogP contribution in [0.3, 0.4) is 0 Å². The summed E-state index contributed by atoms with van der Waals surface area (Å²) >= 11 is 0. The topological polar surface area (TPSA) is 35.5 Å². The Morgan fingerprint density at radius 1 is 1.43 bits per heavy atom. The second-order valence-corrected chi connectivity index (χ2v) is 8.29. The minimum absolute atomic E-state index is 0.132. The first-order valence-electron chi connectivity index (χ1n) is 9.16.